The number of amides is 1. The third kappa shape index (κ3) is 6.27. The van der Waals surface area contributed by atoms with Gasteiger partial charge in [0.15, 0.2) is 0 Å². The molecule has 0 fully saturated rings. The molecule has 0 heterocycles. The number of carbonyl (C=O) groups is 3. The number of anilines is 1. The summed E-state index contributed by atoms with van der Waals surface area (Å²) in [5.41, 5.74) is -2.85. The van der Waals surface area contributed by atoms with Gasteiger partial charge in [-0.15, -0.1) is 0 Å². The first kappa shape index (κ1) is 19.5. The molecule has 24 heavy (non-hydrogen) atoms. The molecule has 1 amide bonds. The average Bonchev–Trinajstić information content (AvgIpc) is 2.33. The van der Waals surface area contributed by atoms with Gasteiger partial charge in [-0.1, -0.05) is 0 Å². The quantitative estimate of drug-likeness (QED) is 0.645. The number of halogens is 3. The summed E-state index contributed by atoms with van der Waals surface area (Å²) in [6.07, 6.45) is -5.68. The minimum atomic E-state index is -4.76. The van der Waals surface area contributed by atoms with Crippen LogP contribution in [-0.2, 0) is 20.5 Å². The second-order valence-electron chi connectivity index (χ2n) is 5.92. The van der Waals surface area contributed by atoms with Gasteiger partial charge in [0.05, 0.1) is 11.1 Å². The molecule has 0 aliphatic rings. The van der Waals surface area contributed by atoms with Crippen LogP contribution < -0.4 is 5.32 Å². The lowest BCUT2D eigenvalue weighted by atomic mass is 10.1. The van der Waals surface area contributed by atoms with E-state index in [4.69, 9.17) is 9.84 Å². The normalized spacial score (nSPS) is 11.8. The first-order chi connectivity index (χ1) is 10.8. The molecular weight excluding hydrogens is 331 g/mol. The fraction of sp³-hybridized carbons (Fsp3) is 0.400. The van der Waals surface area contributed by atoms with Gasteiger partial charge in [0, 0.05) is 5.69 Å². The molecule has 2 N–H and O–H groups in total. The molecule has 0 spiro atoms. The van der Waals surface area contributed by atoms with Gasteiger partial charge in [-0.2, -0.15) is 13.2 Å². The van der Waals surface area contributed by atoms with Crippen molar-refractivity contribution in [3.63, 3.8) is 0 Å². The Bertz CT molecular complexity index is 662. The molecule has 0 aliphatic carbocycles. The van der Waals surface area contributed by atoms with Gasteiger partial charge in [0.25, 0.3) is 0 Å². The fourth-order valence-electron chi connectivity index (χ4n) is 1.66. The fourth-order valence-corrected chi connectivity index (χ4v) is 1.66. The zero-order valence-electron chi connectivity index (χ0n) is 13.2. The molecule has 0 saturated carbocycles. The van der Waals surface area contributed by atoms with Crippen LogP contribution in [0.25, 0.3) is 0 Å². The number of carbonyl (C=O) groups excluding carboxylic acids is 2. The molecule has 1 aromatic carbocycles. The van der Waals surface area contributed by atoms with Gasteiger partial charge in [-0.25, -0.2) is 4.79 Å². The predicted octanol–water partition coefficient (Wildman–Crippen LogP) is 3.07. The van der Waals surface area contributed by atoms with E-state index in [9.17, 15) is 27.6 Å². The number of hydrogen-bond acceptors (Lipinski definition) is 4. The van der Waals surface area contributed by atoms with E-state index in [0.29, 0.717) is 12.1 Å². The van der Waals surface area contributed by atoms with Crippen LogP contribution in [0, 0.1) is 0 Å². The predicted molar refractivity (Wildman–Crippen MR) is 77.5 cm³/mol. The van der Waals surface area contributed by atoms with E-state index in [1.54, 1.807) is 20.8 Å². The van der Waals surface area contributed by atoms with Crippen molar-refractivity contribution in [2.24, 2.45) is 0 Å². The Labute approximate surface area is 135 Å². The highest BCUT2D eigenvalue weighted by Crippen LogP contribution is 2.32. The standard InChI is InChI=1S/C15H16F3NO5/c1-14(2,3)24-13(23)8-4-9(15(16,17)18)6-10(5-8)19-11(20)7-12(21)22/h4-6H,7H2,1-3H3,(H,19,20)(H,21,22). The molecule has 0 unspecified atom stereocenters. The summed E-state index contributed by atoms with van der Waals surface area (Å²) < 4.78 is 43.8. The maximum Gasteiger partial charge on any atom is 0.416 e. The van der Waals surface area contributed by atoms with Gasteiger partial charge < -0.3 is 15.2 Å². The first-order valence-electron chi connectivity index (χ1n) is 6.75. The van der Waals surface area contributed by atoms with Crippen LogP contribution in [0.15, 0.2) is 18.2 Å². The molecule has 0 radical (unpaired) electrons. The zero-order chi connectivity index (χ0) is 18.7. The Kier molecular flexibility index (Phi) is 5.59. The highest BCUT2D eigenvalue weighted by atomic mass is 19.4. The summed E-state index contributed by atoms with van der Waals surface area (Å²) in [6, 6.07) is 2.19. The molecule has 9 heteroatoms. The maximum atomic E-state index is 12.9. The van der Waals surface area contributed by atoms with Crippen LogP contribution in [0.1, 0.15) is 43.1 Å². The van der Waals surface area contributed by atoms with Crippen molar-refractivity contribution in [1.29, 1.82) is 0 Å². The van der Waals surface area contributed by atoms with Crippen molar-refractivity contribution in [2.45, 2.75) is 39.0 Å². The zero-order valence-corrected chi connectivity index (χ0v) is 13.2. The SMILES string of the molecule is CC(C)(C)OC(=O)c1cc(NC(=O)CC(=O)O)cc(C(F)(F)F)c1. The summed E-state index contributed by atoms with van der Waals surface area (Å²) in [5.74, 6) is -3.45. The summed E-state index contributed by atoms with van der Waals surface area (Å²) >= 11 is 0. The van der Waals surface area contributed by atoms with Gasteiger partial charge in [-0.3, -0.25) is 9.59 Å². The second kappa shape index (κ2) is 6.90. The number of benzene rings is 1. The van der Waals surface area contributed by atoms with E-state index in [-0.39, 0.29) is 5.69 Å². The highest BCUT2D eigenvalue weighted by molar-refractivity contribution is 6.02. The molecule has 132 valence electrons. The third-order valence-electron chi connectivity index (χ3n) is 2.49. The lowest BCUT2D eigenvalue weighted by Gasteiger charge is -2.20. The molecule has 0 aliphatic heterocycles. The third-order valence-corrected chi connectivity index (χ3v) is 2.49. The number of esters is 1. The van der Waals surface area contributed by atoms with Crippen LogP contribution in [0.3, 0.4) is 0 Å². The molecule has 0 bridgehead atoms. The van der Waals surface area contributed by atoms with Crippen molar-refractivity contribution in [2.75, 3.05) is 5.32 Å². The minimum absolute atomic E-state index is 0.350. The Balaban J connectivity index is 3.20. The van der Waals surface area contributed by atoms with Crippen molar-refractivity contribution in [3.8, 4) is 0 Å². The van der Waals surface area contributed by atoms with Crippen LogP contribution in [0.5, 0.6) is 0 Å². The van der Waals surface area contributed by atoms with Crippen LogP contribution >= 0.6 is 0 Å². The van der Waals surface area contributed by atoms with Crippen LogP contribution in [-0.4, -0.2) is 28.6 Å². The summed E-state index contributed by atoms with van der Waals surface area (Å²) in [5, 5.41) is 10.5. The van der Waals surface area contributed by atoms with E-state index in [2.05, 4.69) is 0 Å². The van der Waals surface area contributed by atoms with Crippen LogP contribution in [0.4, 0.5) is 18.9 Å². The molecule has 0 atom stereocenters. The lowest BCUT2D eigenvalue weighted by molar-refractivity contribution is -0.140. The monoisotopic (exact) mass is 347 g/mol. The Hall–Kier alpha value is -2.58. The number of alkyl halides is 3. The minimum Gasteiger partial charge on any atom is -0.481 e. The number of ether oxygens (including phenoxy) is 1. The largest absolute Gasteiger partial charge is 0.481 e. The van der Waals surface area contributed by atoms with E-state index in [1.807, 2.05) is 5.32 Å². The molecule has 0 aromatic heterocycles. The van der Waals surface area contributed by atoms with Gasteiger partial charge in [0.2, 0.25) is 5.91 Å². The van der Waals surface area contributed by atoms with Gasteiger partial charge in [-0.05, 0) is 39.0 Å². The second-order valence-corrected chi connectivity index (χ2v) is 5.92. The van der Waals surface area contributed by atoms with E-state index < -0.39 is 47.2 Å². The van der Waals surface area contributed by atoms with Crippen molar-refractivity contribution in [1.82, 2.24) is 0 Å². The van der Waals surface area contributed by atoms with E-state index in [0.717, 1.165) is 6.07 Å². The smallest absolute Gasteiger partial charge is 0.416 e. The number of carboxylic acid groups (broad SMARTS) is 1. The molecule has 6 nitrogen and oxygen atoms in total. The maximum absolute atomic E-state index is 12.9. The van der Waals surface area contributed by atoms with Crippen LogP contribution in [0.2, 0.25) is 0 Å². The number of nitrogens with one attached hydrogen (secondary N) is 1. The van der Waals surface area contributed by atoms with E-state index >= 15 is 0 Å². The molecule has 1 rings (SSSR count). The Morgan fingerprint density at radius 1 is 1.12 bits per heavy atom. The Morgan fingerprint density at radius 2 is 1.71 bits per heavy atom. The number of hydrogen-bond donors (Lipinski definition) is 2. The molecular formula is C15H16F3NO5. The highest BCUT2D eigenvalue weighted by Gasteiger charge is 2.32. The Morgan fingerprint density at radius 3 is 2.17 bits per heavy atom. The molecule has 0 saturated heterocycles. The van der Waals surface area contributed by atoms with E-state index in [1.165, 1.54) is 0 Å². The summed E-state index contributed by atoms with van der Waals surface area (Å²) in [4.78, 5) is 33.8. The average molecular weight is 347 g/mol. The molecule has 1 aromatic rings. The first-order valence-corrected chi connectivity index (χ1v) is 6.75. The van der Waals surface area contributed by atoms with Crippen molar-refractivity contribution in [3.05, 3.63) is 29.3 Å². The topological polar surface area (TPSA) is 92.7 Å². The number of carboxylic acids is 1. The number of rotatable bonds is 4. The summed E-state index contributed by atoms with van der Waals surface area (Å²) in [6.45, 7) is 4.65. The van der Waals surface area contributed by atoms with Crippen molar-refractivity contribution >= 4 is 23.5 Å². The lowest BCUT2D eigenvalue weighted by Crippen LogP contribution is -2.24. The van der Waals surface area contributed by atoms with Gasteiger partial charge >= 0.3 is 18.1 Å². The summed E-state index contributed by atoms with van der Waals surface area (Å²) in [7, 11) is 0. The number of aliphatic carboxylic acids is 1. The van der Waals surface area contributed by atoms with Gasteiger partial charge in [0.1, 0.15) is 12.0 Å². The van der Waals surface area contributed by atoms with Crippen molar-refractivity contribution < 1.29 is 37.4 Å².